The number of nitrogens with one attached hydrogen (secondary N) is 1. The highest BCUT2D eigenvalue weighted by Gasteiger charge is 2.39. The van der Waals surface area contributed by atoms with E-state index in [2.05, 4.69) is 10.1 Å². The fourth-order valence-electron chi connectivity index (χ4n) is 3.42. The van der Waals surface area contributed by atoms with Crippen LogP contribution in [0.2, 0.25) is 0 Å². The Kier molecular flexibility index (Phi) is 7.63. The average molecular weight is 549 g/mol. The Balaban J connectivity index is 2.07. The van der Waals surface area contributed by atoms with Crippen LogP contribution in [-0.4, -0.2) is 45.8 Å². The number of amides is 1. The standard InChI is InChI=1S/C23H24F4N2O7S/c1-22(2,3)36-21(31)28-13-5-8-19-18(9-13)29(12-14(35-19)10-20(30)34-4)37(32,33)15-6-7-17(24)16(11-15)23(25,26)27/h5-9,11,14H,10,12H2,1-4H3,(H,28,31). The summed E-state index contributed by atoms with van der Waals surface area (Å²) in [5.74, 6) is -2.38. The number of anilines is 2. The summed E-state index contributed by atoms with van der Waals surface area (Å²) >= 11 is 0. The zero-order valence-corrected chi connectivity index (χ0v) is 21.0. The second kappa shape index (κ2) is 10.1. The molecule has 1 aliphatic rings. The number of hydrogen-bond acceptors (Lipinski definition) is 7. The number of carbonyl (C=O) groups is 2. The summed E-state index contributed by atoms with van der Waals surface area (Å²) in [5, 5.41) is 2.44. The van der Waals surface area contributed by atoms with Crippen molar-refractivity contribution in [3.63, 3.8) is 0 Å². The van der Waals surface area contributed by atoms with E-state index in [4.69, 9.17) is 9.47 Å². The molecule has 202 valence electrons. The van der Waals surface area contributed by atoms with Crippen LogP contribution in [0, 0.1) is 5.82 Å². The van der Waals surface area contributed by atoms with Gasteiger partial charge in [0, 0.05) is 5.69 Å². The number of alkyl halides is 3. The predicted octanol–water partition coefficient (Wildman–Crippen LogP) is 4.71. The molecule has 0 bridgehead atoms. The lowest BCUT2D eigenvalue weighted by molar-refractivity contribution is -0.142. The minimum Gasteiger partial charge on any atom is -0.486 e. The van der Waals surface area contributed by atoms with Crippen LogP contribution < -0.4 is 14.4 Å². The molecule has 1 heterocycles. The smallest absolute Gasteiger partial charge is 0.419 e. The summed E-state index contributed by atoms with van der Waals surface area (Å²) in [6, 6.07) is 5.22. The molecular weight excluding hydrogens is 524 g/mol. The molecule has 1 atom stereocenters. The number of halogens is 4. The van der Waals surface area contributed by atoms with Crippen molar-refractivity contribution in [2.24, 2.45) is 0 Å². The van der Waals surface area contributed by atoms with E-state index >= 15 is 0 Å². The van der Waals surface area contributed by atoms with Gasteiger partial charge >= 0.3 is 18.2 Å². The molecule has 3 rings (SSSR count). The summed E-state index contributed by atoms with van der Waals surface area (Å²) in [4.78, 5) is 23.1. The highest BCUT2D eigenvalue weighted by molar-refractivity contribution is 7.92. The fourth-order valence-corrected chi connectivity index (χ4v) is 4.95. The maximum absolute atomic E-state index is 13.8. The predicted molar refractivity (Wildman–Crippen MR) is 123 cm³/mol. The highest BCUT2D eigenvalue weighted by Crippen LogP contribution is 2.41. The molecule has 1 aliphatic heterocycles. The molecule has 1 unspecified atom stereocenters. The van der Waals surface area contributed by atoms with E-state index in [1.165, 1.54) is 18.2 Å². The third kappa shape index (κ3) is 6.61. The van der Waals surface area contributed by atoms with Crippen molar-refractivity contribution < 1.29 is 49.8 Å². The van der Waals surface area contributed by atoms with Gasteiger partial charge in [0.1, 0.15) is 23.3 Å². The lowest BCUT2D eigenvalue weighted by Crippen LogP contribution is -2.44. The number of ether oxygens (including phenoxy) is 3. The summed E-state index contributed by atoms with van der Waals surface area (Å²) in [5.41, 5.74) is -2.62. The summed E-state index contributed by atoms with van der Waals surface area (Å²) in [6.07, 6.45) is -7.40. The van der Waals surface area contributed by atoms with E-state index in [0.29, 0.717) is 12.1 Å². The Bertz CT molecular complexity index is 1310. The van der Waals surface area contributed by atoms with Crippen LogP contribution in [-0.2, 0) is 30.5 Å². The van der Waals surface area contributed by atoms with E-state index in [1.54, 1.807) is 20.8 Å². The van der Waals surface area contributed by atoms with Crippen LogP contribution in [0.3, 0.4) is 0 Å². The Morgan fingerprint density at radius 3 is 2.41 bits per heavy atom. The molecule has 9 nitrogen and oxygen atoms in total. The second-order valence-electron chi connectivity index (χ2n) is 9.01. The first-order chi connectivity index (χ1) is 17.0. The number of hydrogen-bond donors (Lipinski definition) is 1. The molecule has 2 aromatic carbocycles. The maximum atomic E-state index is 13.8. The van der Waals surface area contributed by atoms with Crippen LogP contribution in [0.1, 0.15) is 32.8 Å². The Hall–Kier alpha value is -3.55. The first-order valence-corrected chi connectivity index (χ1v) is 12.2. The summed E-state index contributed by atoms with van der Waals surface area (Å²) in [6.45, 7) is 4.43. The largest absolute Gasteiger partial charge is 0.486 e. The highest BCUT2D eigenvalue weighted by atomic mass is 32.2. The van der Waals surface area contributed by atoms with Gasteiger partial charge in [-0.1, -0.05) is 0 Å². The lowest BCUT2D eigenvalue weighted by Gasteiger charge is -2.35. The summed E-state index contributed by atoms with van der Waals surface area (Å²) < 4.78 is 96.9. The van der Waals surface area contributed by atoms with Crippen molar-refractivity contribution in [3.05, 3.63) is 47.8 Å². The minimum absolute atomic E-state index is 0.0309. The van der Waals surface area contributed by atoms with Crippen molar-refractivity contribution in [2.75, 3.05) is 23.3 Å². The molecule has 14 heteroatoms. The first-order valence-electron chi connectivity index (χ1n) is 10.8. The van der Waals surface area contributed by atoms with Gasteiger partial charge in [0.25, 0.3) is 10.0 Å². The Morgan fingerprint density at radius 1 is 1.14 bits per heavy atom. The van der Waals surface area contributed by atoms with Gasteiger partial charge in [-0.15, -0.1) is 0 Å². The molecule has 0 fully saturated rings. The molecular formula is C23H24F4N2O7S. The van der Waals surface area contributed by atoms with E-state index in [1.807, 2.05) is 0 Å². The molecule has 0 saturated carbocycles. The Labute approximate surface area is 210 Å². The van der Waals surface area contributed by atoms with Gasteiger partial charge < -0.3 is 14.2 Å². The molecule has 0 radical (unpaired) electrons. The van der Waals surface area contributed by atoms with E-state index in [9.17, 15) is 35.6 Å². The van der Waals surface area contributed by atoms with Crippen molar-refractivity contribution in [1.82, 2.24) is 0 Å². The van der Waals surface area contributed by atoms with Crippen molar-refractivity contribution >= 4 is 33.5 Å². The first kappa shape index (κ1) is 28.0. The Morgan fingerprint density at radius 2 is 1.81 bits per heavy atom. The SMILES string of the molecule is COC(=O)CC1CN(S(=O)(=O)c2ccc(F)c(C(F)(F)F)c2)c2cc(NC(=O)OC(C)(C)C)ccc2O1. The molecule has 0 aromatic heterocycles. The molecule has 2 aromatic rings. The number of rotatable bonds is 5. The van der Waals surface area contributed by atoms with Crippen LogP contribution in [0.25, 0.3) is 0 Å². The van der Waals surface area contributed by atoms with Crippen LogP contribution >= 0.6 is 0 Å². The average Bonchev–Trinajstić information content (AvgIpc) is 2.76. The summed E-state index contributed by atoms with van der Waals surface area (Å²) in [7, 11) is -3.61. The zero-order valence-electron chi connectivity index (χ0n) is 20.2. The third-order valence-electron chi connectivity index (χ3n) is 4.99. The van der Waals surface area contributed by atoms with Gasteiger partial charge in [0.05, 0.1) is 36.2 Å². The maximum Gasteiger partial charge on any atom is 0.419 e. The number of carbonyl (C=O) groups excluding carboxylic acids is 2. The van der Waals surface area contributed by atoms with Gasteiger partial charge in [0.15, 0.2) is 0 Å². The van der Waals surface area contributed by atoms with Crippen molar-refractivity contribution in [3.8, 4) is 5.75 Å². The molecule has 1 amide bonds. The molecule has 37 heavy (non-hydrogen) atoms. The quantitative estimate of drug-likeness (QED) is 0.426. The van der Waals surface area contributed by atoms with E-state index < -0.39 is 62.8 Å². The minimum atomic E-state index is -5.14. The van der Waals surface area contributed by atoms with Crippen LogP contribution in [0.4, 0.5) is 33.7 Å². The fraction of sp³-hybridized carbons (Fsp3) is 0.391. The number of methoxy groups -OCH3 is 1. The van der Waals surface area contributed by atoms with Gasteiger partial charge in [0.2, 0.25) is 0 Å². The van der Waals surface area contributed by atoms with Gasteiger partial charge in [-0.3, -0.25) is 14.4 Å². The van der Waals surface area contributed by atoms with E-state index in [-0.39, 0.29) is 29.6 Å². The van der Waals surface area contributed by atoms with Crippen molar-refractivity contribution in [2.45, 2.75) is 50.0 Å². The number of esters is 1. The molecule has 0 saturated heterocycles. The lowest BCUT2D eigenvalue weighted by atomic mass is 10.1. The number of benzene rings is 2. The number of fused-ring (bicyclic) bond motifs is 1. The van der Waals surface area contributed by atoms with E-state index in [0.717, 1.165) is 11.4 Å². The molecule has 0 spiro atoms. The topological polar surface area (TPSA) is 111 Å². The monoisotopic (exact) mass is 548 g/mol. The third-order valence-corrected chi connectivity index (χ3v) is 6.76. The molecule has 1 N–H and O–H groups in total. The van der Waals surface area contributed by atoms with Gasteiger partial charge in [-0.25, -0.2) is 17.6 Å². The van der Waals surface area contributed by atoms with Crippen LogP contribution in [0.15, 0.2) is 41.3 Å². The number of sulfonamides is 1. The zero-order chi connectivity index (χ0) is 27.8. The van der Waals surface area contributed by atoms with Crippen LogP contribution in [0.5, 0.6) is 5.75 Å². The van der Waals surface area contributed by atoms with Gasteiger partial charge in [-0.05, 0) is 57.2 Å². The second-order valence-corrected chi connectivity index (χ2v) is 10.9. The van der Waals surface area contributed by atoms with Gasteiger partial charge in [-0.2, -0.15) is 13.2 Å². The number of nitrogens with zero attached hydrogens (tertiary/aromatic N) is 1. The van der Waals surface area contributed by atoms with Crippen molar-refractivity contribution in [1.29, 1.82) is 0 Å². The normalized spacial score (nSPS) is 15.9. The molecule has 0 aliphatic carbocycles.